The Bertz CT molecular complexity index is 430. The molecule has 0 amide bonds. The maximum Gasteiger partial charge on any atom is 0.0591 e. The smallest absolute Gasteiger partial charge is 0.0591 e. The van der Waals surface area contributed by atoms with E-state index in [-0.39, 0.29) is 5.41 Å². The number of hydrogen-bond acceptors (Lipinski definition) is 3. The summed E-state index contributed by atoms with van der Waals surface area (Å²) in [6.45, 7) is 2.46. The quantitative estimate of drug-likeness (QED) is 0.880. The van der Waals surface area contributed by atoms with E-state index >= 15 is 0 Å². The molecular formula is C15H22N2O. The summed E-state index contributed by atoms with van der Waals surface area (Å²) >= 11 is 0. The van der Waals surface area contributed by atoms with E-state index in [0.29, 0.717) is 5.41 Å². The number of benzene rings is 1. The van der Waals surface area contributed by atoms with Gasteiger partial charge in [0.05, 0.1) is 13.2 Å². The Kier molecular flexibility index (Phi) is 2.65. The SMILES string of the molecule is CN(C)c1ccc(C2(C3(CN)CC3)COC2)cc1. The van der Waals surface area contributed by atoms with Crippen molar-refractivity contribution in [2.45, 2.75) is 18.3 Å². The van der Waals surface area contributed by atoms with Crippen LogP contribution in [0.3, 0.4) is 0 Å². The van der Waals surface area contributed by atoms with Gasteiger partial charge in [0.2, 0.25) is 0 Å². The van der Waals surface area contributed by atoms with Crippen molar-refractivity contribution in [1.29, 1.82) is 0 Å². The molecule has 1 heterocycles. The van der Waals surface area contributed by atoms with Gasteiger partial charge in [-0.25, -0.2) is 0 Å². The molecule has 0 unspecified atom stereocenters. The fourth-order valence-corrected chi connectivity index (χ4v) is 3.19. The molecule has 3 heteroatoms. The summed E-state index contributed by atoms with van der Waals surface area (Å²) in [6.07, 6.45) is 2.50. The molecule has 1 aromatic carbocycles. The van der Waals surface area contributed by atoms with Gasteiger partial charge in [-0.05, 0) is 42.5 Å². The summed E-state index contributed by atoms with van der Waals surface area (Å²) in [5.74, 6) is 0. The molecule has 1 aliphatic heterocycles. The summed E-state index contributed by atoms with van der Waals surface area (Å²) in [6, 6.07) is 8.91. The lowest BCUT2D eigenvalue weighted by Gasteiger charge is -2.48. The van der Waals surface area contributed by atoms with Crippen molar-refractivity contribution >= 4 is 5.69 Å². The van der Waals surface area contributed by atoms with Crippen molar-refractivity contribution in [3.05, 3.63) is 29.8 Å². The monoisotopic (exact) mass is 246 g/mol. The Hall–Kier alpha value is -1.06. The molecule has 1 aliphatic carbocycles. The van der Waals surface area contributed by atoms with Crippen LogP contribution in [0.2, 0.25) is 0 Å². The van der Waals surface area contributed by atoms with Gasteiger partial charge in [-0.3, -0.25) is 0 Å². The summed E-state index contributed by atoms with van der Waals surface area (Å²) in [5, 5.41) is 0. The predicted octanol–water partition coefficient (Wildman–Crippen LogP) is 1.76. The first-order valence-corrected chi connectivity index (χ1v) is 6.69. The Balaban J connectivity index is 1.93. The Labute approximate surface area is 109 Å². The van der Waals surface area contributed by atoms with Gasteiger partial charge in [-0.15, -0.1) is 0 Å². The van der Waals surface area contributed by atoms with Gasteiger partial charge in [0.15, 0.2) is 0 Å². The van der Waals surface area contributed by atoms with Crippen LogP contribution in [0.5, 0.6) is 0 Å². The minimum Gasteiger partial charge on any atom is -0.379 e. The lowest BCUT2D eigenvalue weighted by molar-refractivity contribution is -0.0972. The van der Waals surface area contributed by atoms with Crippen molar-refractivity contribution < 1.29 is 4.74 Å². The number of nitrogens with two attached hydrogens (primary N) is 1. The third kappa shape index (κ3) is 1.50. The second-order valence-electron chi connectivity index (χ2n) is 6.00. The highest BCUT2D eigenvalue weighted by Crippen LogP contribution is 2.61. The van der Waals surface area contributed by atoms with Crippen LogP contribution >= 0.6 is 0 Å². The molecule has 0 bridgehead atoms. The summed E-state index contributed by atoms with van der Waals surface area (Å²) < 4.78 is 5.53. The zero-order valence-corrected chi connectivity index (χ0v) is 11.3. The lowest BCUT2D eigenvalue weighted by Crippen LogP contribution is -2.55. The molecule has 0 radical (unpaired) electrons. The third-order valence-corrected chi connectivity index (χ3v) is 4.89. The van der Waals surface area contributed by atoms with E-state index in [1.54, 1.807) is 0 Å². The fraction of sp³-hybridized carbons (Fsp3) is 0.600. The number of hydrogen-bond donors (Lipinski definition) is 1. The number of nitrogens with zero attached hydrogens (tertiary/aromatic N) is 1. The lowest BCUT2D eigenvalue weighted by atomic mass is 9.66. The first kappa shape index (κ1) is 12.0. The Morgan fingerprint density at radius 1 is 1.17 bits per heavy atom. The Morgan fingerprint density at radius 3 is 2.11 bits per heavy atom. The van der Waals surface area contributed by atoms with E-state index in [2.05, 4.69) is 43.3 Å². The standard InChI is InChI=1S/C15H22N2O/c1-17(2)13-5-3-12(4-6-13)15(10-18-11-15)14(9-16)7-8-14/h3-6H,7-11,16H2,1-2H3. The fourth-order valence-electron chi connectivity index (χ4n) is 3.19. The molecule has 1 saturated carbocycles. The van der Waals surface area contributed by atoms with Crippen molar-refractivity contribution in [2.24, 2.45) is 11.1 Å². The molecule has 3 rings (SSSR count). The predicted molar refractivity (Wildman–Crippen MR) is 74.0 cm³/mol. The summed E-state index contributed by atoms with van der Waals surface area (Å²) in [5.41, 5.74) is 9.16. The van der Waals surface area contributed by atoms with Gasteiger partial charge in [-0.2, -0.15) is 0 Å². The first-order chi connectivity index (χ1) is 8.63. The van der Waals surface area contributed by atoms with E-state index in [0.717, 1.165) is 19.8 Å². The summed E-state index contributed by atoms with van der Waals surface area (Å²) in [4.78, 5) is 2.13. The van der Waals surface area contributed by atoms with Crippen LogP contribution in [0.1, 0.15) is 18.4 Å². The van der Waals surface area contributed by atoms with Gasteiger partial charge in [0.1, 0.15) is 0 Å². The largest absolute Gasteiger partial charge is 0.379 e. The highest BCUT2D eigenvalue weighted by Gasteiger charge is 2.62. The molecule has 98 valence electrons. The highest BCUT2D eigenvalue weighted by molar-refractivity contribution is 5.48. The van der Waals surface area contributed by atoms with E-state index in [1.807, 2.05) is 0 Å². The molecule has 18 heavy (non-hydrogen) atoms. The summed E-state index contributed by atoms with van der Waals surface area (Å²) in [7, 11) is 4.14. The van der Waals surface area contributed by atoms with Crippen LogP contribution in [0.15, 0.2) is 24.3 Å². The Morgan fingerprint density at radius 2 is 1.78 bits per heavy atom. The molecular weight excluding hydrogens is 224 g/mol. The molecule has 3 nitrogen and oxygen atoms in total. The average Bonchev–Trinajstić information content (AvgIpc) is 3.10. The van der Waals surface area contributed by atoms with Crippen molar-refractivity contribution in [3.8, 4) is 0 Å². The molecule has 2 aliphatic rings. The molecule has 0 spiro atoms. The van der Waals surface area contributed by atoms with Crippen molar-refractivity contribution in [1.82, 2.24) is 0 Å². The van der Waals surface area contributed by atoms with Crippen molar-refractivity contribution in [3.63, 3.8) is 0 Å². The third-order valence-electron chi connectivity index (χ3n) is 4.89. The van der Waals surface area contributed by atoms with E-state index in [1.165, 1.54) is 24.1 Å². The van der Waals surface area contributed by atoms with Crippen LogP contribution in [-0.2, 0) is 10.2 Å². The highest BCUT2D eigenvalue weighted by atomic mass is 16.5. The second kappa shape index (κ2) is 3.97. The molecule has 0 atom stereocenters. The minimum atomic E-state index is 0.187. The van der Waals surface area contributed by atoms with Gasteiger partial charge in [0, 0.05) is 25.2 Å². The van der Waals surface area contributed by atoms with Gasteiger partial charge >= 0.3 is 0 Å². The molecule has 1 aromatic rings. The van der Waals surface area contributed by atoms with E-state index < -0.39 is 0 Å². The van der Waals surface area contributed by atoms with Crippen LogP contribution in [0.25, 0.3) is 0 Å². The number of anilines is 1. The topological polar surface area (TPSA) is 38.5 Å². The average molecular weight is 246 g/mol. The zero-order valence-electron chi connectivity index (χ0n) is 11.3. The van der Waals surface area contributed by atoms with Gasteiger partial charge in [0.25, 0.3) is 0 Å². The first-order valence-electron chi connectivity index (χ1n) is 6.69. The molecule has 1 saturated heterocycles. The van der Waals surface area contributed by atoms with Crippen LogP contribution < -0.4 is 10.6 Å². The van der Waals surface area contributed by atoms with Gasteiger partial charge in [-0.1, -0.05) is 12.1 Å². The van der Waals surface area contributed by atoms with Crippen LogP contribution in [0, 0.1) is 5.41 Å². The molecule has 0 aromatic heterocycles. The van der Waals surface area contributed by atoms with Crippen molar-refractivity contribution in [2.75, 3.05) is 38.8 Å². The number of ether oxygens (including phenoxy) is 1. The normalized spacial score (nSPS) is 23.3. The van der Waals surface area contributed by atoms with Crippen LogP contribution in [-0.4, -0.2) is 33.9 Å². The maximum absolute atomic E-state index is 6.02. The second-order valence-corrected chi connectivity index (χ2v) is 6.00. The molecule has 2 N–H and O–H groups in total. The van der Waals surface area contributed by atoms with Crippen LogP contribution in [0.4, 0.5) is 5.69 Å². The molecule has 2 fully saturated rings. The van der Waals surface area contributed by atoms with E-state index in [9.17, 15) is 0 Å². The zero-order chi connectivity index (χ0) is 12.8. The number of rotatable bonds is 4. The minimum absolute atomic E-state index is 0.187. The maximum atomic E-state index is 6.02. The van der Waals surface area contributed by atoms with E-state index in [4.69, 9.17) is 10.5 Å². The van der Waals surface area contributed by atoms with Gasteiger partial charge < -0.3 is 15.4 Å².